The van der Waals surface area contributed by atoms with Gasteiger partial charge in [-0.25, -0.2) is 9.68 Å². The Morgan fingerprint density at radius 1 is 1.27 bits per heavy atom. The van der Waals surface area contributed by atoms with E-state index in [4.69, 9.17) is 9.47 Å². The molecule has 6 nitrogen and oxygen atoms in total. The van der Waals surface area contributed by atoms with Crippen molar-refractivity contribution in [2.75, 3.05) is 0 Å². The van der Waals surface area contributed by atoms with Gasteiger partial charge in [-0.05, 0) is 65.9 Å². The molecule has 0 aromatic carbocycles. The third-order valence-electron chi connectivity index (χ3n) is 5.72. The minimum Gasteiger partial charge on any atom is -0.423 e. The second-order valence-corrected chi connectivity index (χ2v) is 8.33. The summed E-state index contributed by atoms with van der Waals surface area (Å²) < 4.78 is 11.3. The van der Waals surface area contributed by atoms with E-state index in [1.807, 2.05) is 0 Å². The van der Waals surface area contributed by atoms with Crippen molar-refractivity contribution in [3.63, 3.8) is 0 Å². The van der Waals surface area contributed by atoms with Gasteiger partial charge in [0.2, 0.25) is 0 Å². The summed E-state index contributed by atoms with van der Waals surface area (Å²) in [5.74, 6) is 0.0755. The molecule has 0 amide bonds. The Morgan fingerprint density at radius 2 is 2.00 bits per heavy atom. The summed E-state index contributed by atoms with van der Waals surface area (Å²) in [4.78, 5) is 16.7. The second kappa shape index (κ2) is 6.60. The maximum absolute atomic E-state index is 12.0. The van der Waals surface area contributed by atoms with Crippen LogP contribution in [0, 0.1) is 0 Å². The molecule has 144 valence electrons. The number of epoxide rings is 1. The molecule has 4 unspecified atom stereocenters. The smallest absolute Gasteiger partial charge is 0.339 e. The topological polar surface area (TPSA) is 88.5 Å². The Morgan fingerprint density at radius 3 is 2.69 bits per heavy atom. The number of carbonyl (C=O) groups is 1. The van der Waals surface area contributed by atoms with E-state index in [2.05, 4.69) is 11.8 Å². The summed E-state index contributed by atoms with van der Waals surface area (Å²) in [5, 5.41) is 20.0. The molecule has 2 heterocycles. The minimum atomic E-state index is -1.19. The van der Waals surface area contributed by atoms with E-state index >= 15 is 0 Å². The average molecular weight is 364 g/mol. The molecule has 1 fully saturated rings. The molecule has 0 spiro atoms. The van der Waals surface area contributed by atoms with Crippen LogP contribution in [0.15, 0.2) is 35.1 Å². The molecule has 0 radical (unpaired) electrons. The van der Waals surface area contributed by atoms with Gasteiger partial charge in [-0.1, -0.05) is 12.2 Å². The van der Waals surface area contributed by atoms with Crippen molar-refractivity contribution < 1.29 is 29.5 Å². The van der Waals surface area contributed by atoms with Gasteiger partial charge in [-0.15, -0.1) is 0 Å². The summed E-state index contributed by atoms with van der Waals surface area (Å²) in [6, 6.07) is 0. The Bertz CT molecular complexity index is 688. The molecule has 6 heteroatoms. The lowest BCUT2D eigenvalue weighted by Gasteiger charge is -2.24. The van der Waals surface area contributed by atoms with Gasteiger partial charge in [0.1, 0.15) is 11.4 Å². The Balaban J connectivity index is 1.92. The zero-order chi connectivity index (χ0) is 19.2. The van der Waals surface area contributed by atoms with Crippen molar-refractivity contribution in [3.05, 3.63) is 35.1 Å². The van der Waals surface area contributed by atoms with Crippen LogP contribution in [-0.4, -0.2) is 39.2 Å². The highest BCUT2D eigenvalue weighted by Gasteiger charge is 2.52. The summed E-state index contributed by atoms with van der Waals surface area (Å²) in [7, 11) is 0. The zero-order valence-corrected chi connectivity index (χ0v) is 15.9. The summed E-state index contributed by atoms with van der Waals surface area (Å²) in [6.45, 7) is 7.27. The monoisotopic (exact) mass is 364 g/mol. The second-order valence-electron chi connectivity index (χ2n) is 8.33. The van der Waals surface area contributed by atoms with Crippen molar-refractivity contribution in [1.82, 2.24) is 0 Å². The first-order valence-electron chi connectivity index (χ1n) is 9.13. The molecule has 0 saturated carbocycles. The molecular formula is C20H28O6. The van der Waals surface area contributed by atoms with Crippen LogP contribution in [0.3, 0.4) is 0 Å². The van der Waals surface area contributed by atoms with Crippen LogP contribution >= 0.6 is 0 Å². The Hall–Kier alpha value is -1.47. The highest BCUT2D eigenvalue weighted by molar-refractivity contribution is 5.93. The number of carbonyl (C=O) groups excluding carboxylic acids is 1. The van der Waals surface area contributed by atoms with Crippen LogP contribution in [0.25, 0.3) is 0 Å². The van der Waals surface area contributed by atoms with Crippen LogP contribution in [0.5, 0.6) is 0 Å². The predicted octanol–water partition coefficient (Wildman–Crippen LogP) is 3.42. The van der Waals surface area contributed by atoms with Gasteiger partial charge in [0, 0.05) is 11.1 Å². The van der Waals surface area contributed by atoms with Gasteiger partial charge < -0.3 is 14.6 Å². The molecule has 0 aromatic rings. The maximum Gasteiger partial charge on any atom is 0.339 e. The number of aliphatic hydroxyl groups is 1. The number of allylic oxidation sites excluding steroid dienone is 1. The number of ether oxygens (including phenoxy) is 2. The normalized spacial score (nSPS) is 41.1. The molecule has 26 heavy (non-hydrogen) atoms. The first-order chi connectivity index (χ1) is 12.1. The van der Waals surface area contributed by atoms with Crippen molar-refractivity contribution in [3.8, 4) is 0 Å². The summed E-state index contributed by atoms with van der Waals surface area (Å²) in [6.07, 6.45) is 8.30. The quantitative estimate of drug-likeness (QED) is 0.244. The van der Waals surface area contributed by atoms with Gasteiger partial charge >= 0.3 is 5.97 Å². The minimum absolute atomic E-state index is 0.0998. The number of esters is 1. The molecule has 1 saturated heterocycles. The lowest BCUT2D eigenvalue weighted by molar-refractivity contribution is -0.304. The lowest BCUT2D eigenvalue weighted by atomic mass is 9.89. The molecule has 0 aromatic heterocycles. The van der Waals surface area contributed by atoms with Crippen molar-refractivity contribution in [2.24, 2.45) is 0 Å². The van der Waals surface area contributed by atoms with Gasteiger partial charge in [0.15, 0.2) is 0 Å². The van der Waals surface area contributed by atoms with Crippen LogP contribution in [0.4, 0.5) is 0 Å². The predicted molar refractivity (Wildman–Crippen MR) is 95.1 cm³/mol. The molecule has 0 bridgehead atoms. The van der Waals surface area contributed by atoms with E-state index in [0.717, 1.165) is 18.4 Å². The van der Waals surface area contributed by atoms with Gasteiger partial charge in [-0.2, -0.15) is 0 Å². The third kappa shape index (κ3) is 3.93. The fraction of sp³-hybridized carbons (Fsp3) is 0.650. The number of hydrogen-bond donors (Lipinski definition) is 2. The van der Waals surface area contributed by atoms with Gasteiger partial charge in [0.05, 0.1) is 17.3 Å². The summed E-state index contributed by atoms with van der Waals surface area (Å²) >= 11 is 0. The number of rotatable bonds is 1. The standard InChI is InChI=1S/C20H28O6/c1-13-14-6-11-20(4)16(25-20)7-10-19(3,26-23)9-5-8-18(2,22)12-15(14)24-17(13)21/h5,9,12,16,22-23H,6-8,10-11H2,1-4H3. The summed E-state index contributed by atoms with van der Waals surface area (Å²) in [5.41, 5.74) is -0.837. The fourth-order valence-electron chi connectivity index (χ4n) is 3.69. The maximum atomic E-state index is 12.0. The van der Waals surface area contributed by atoms with E-state index < -0.39 is 11.2 Å². The van der Waals surface area contributed by atoms with Crippen LogP contribution in [-0.2, 0) is 19.2 Å². The van der Waals surface area contributed by atoms with E-state index in [9.17, 15) is 15.2 Å². The molecule has 4 atom stereocenters. The molecule has 3 rings (SSSR count). The van der Waals surface area contributed by atoms with Crippen LogP contribution in [0.1, 0.15) is 59.8 Å². The van der Waals surface area contributed by atoms with Gasteiger partial charge in [-0.3, -0.25) is 5.26 Å². The van der Waals surface area contributed by atoms with Crippen LogP contribution < -0.4 is 0 Å². The zero-order valence-electron chi connectivity index (χ0n) is 15.9. The van der Waals surface area contributed by atoms with E-state index in [1.54, 1.807) is 39.0 Å². The largest absolute Gasteiger partial charge is 0.423 e. The number of fused-ring (bicyclic) bond motifs is 2. The van der Waals surface area contributed by atoms with E-state index in [0.29, 0.717) is 30.6 Å². The molecule has 1 aliphatic carbocycles. The molecule has 2 N–H and O–H groups in total. The van der Waals surface area contributed by atoms with Crippen LogP contribution in [0.2, 0.25) is 0 Å². The molecule has 3 aliphatic rings. The first-order valence-corrected chi connectivity index (χ1v) is 9.13. The van der Waals surface area contributed by atoms with Crippen molar-refractivity contribution in [1.29, 1.82) is 0 Å². The van der Waals surface area contributed by atoms with Crippen molar-refractivity contribution >= 4 is 5.97 Å². The Labute approximate surface area is 154 Å². The van der Waals surface area contributed by atoms with E-state index in [1.165, 1.54) is 0 Å². The molecule has 2 aliphatic heterocycles. The lowest BCUT2D eigenvalue weighted by Crippen LogP contribution is -2.27. The third-order valence-corrected chi connectivity index (χ3v) is 5.72. The molecular weight excluding hydrogens is 336 g/mol. The fourth-order valence-corrected chi connectivity index (χ4v) is 3.69. The van der Waals surface area contributed by atoms with Gasteiger partial charge in [0.25, 0.3) is 0 Å². The number of hydrogen-bond acceptors (Lipinski definition) is 6. The SMILES string of the molecule is CC1=C2CCC3(C)OC3CCC(C)(OO)C=CCC(C)(O)C=C2OC1=O. The highest BCUT2D eigenvalue weighted by Crippen LogP contribution is 2.46. The first kappa shape index (κ1) is 19.3. The Kier molecular flexibility index (Phi) is 4.90. The highest BCUT2D eigenvalue weighted by atomic mass is 17.1. The average Bonchev–Trinajstić information content (AvgIpc) is 3.13. The van der Waals surface area contributed by atoms with Crippen molar-refractivity contribution in [2.45, 2.75) is 82.7 Å². The van der Waals surface area contributed by atoms with E-state index in [-0.39, 0.29) is 17.7 Å².